The van der Waals surface area contributed by atoms with Gasteiger partial charge in [-0.1, -0.05) is 24.3 Å². The third kappa shape index (κ3) is 3.31. The maximum Gasteiger partial charge on any atom is 0.225 e. The Bertz CT molecular complexity index is 769. The van der Waals surface area contributed by atoms with E-state index in [1.807, 2.05) is 18.2 Å². The van der Waals surface area contributed by atoms with Gasteiger partial charge in [0.05, 0.1) is 24.8 Å². The molecule has 2 aliphatic rings. The van der Waals surface area contributed by atoms with E-state index in [1.165, 1.54) is 11.1 Å². The number of amides is 2. The maximum absolute atomic E-state index is 12.7. The highest BCUT2D eigenvalue weighted by molar-refractivity contribution is 5.89. The molecular weight excluding hydrogens is 316 g/mol. The van der Waals surface area contributed by atoms with Crippen molar-refractivity contribution in [3.8, 4) is 0 Å². The lowest BCUT2D eigenvalue weighted by molar-refractivity contribution is -0.129. The second kappa shape index (κ2) is 6.75. The van der Waals surface area contributed by atoms with Crippen molar-refractivity contribution in [2.24, 2.45) is 5.92 Å². The quantitative estimate of drug-likeness (QED) is 0.932. The molecule has 1 aliphatic heterocycles. The number of aryl methyl sites for hydroxylation is 1. The van der Waals surface area contributed by atoms with Crippen LogP contribution in [-0.2, 0) is 22.6 Å². The van der Waals surface area contributed by atoms with E-state index in [2.05, 4.69) is 17.4 Å². The van der Waals surface area contributed by atoms with Gasteiger partial charge in [0.2, 0.25) is 11.8 Å². The summed E-state index contributed by atoms with van der Waals surface area (Å²) < 4.78 is 5.31. The topological polar surface area (TPSA) is 62.6 Å². The molecule has 4 rings (SSSR count). The molecule has 0 bridgehead atoms. The number of benzene rings is 1. The van der Waals surface area contributed by atoms with Crippen molar-refractivity contribution in [1.29, 1.82) is 0 Å². The first kappa shape index (κ1) is 15.9. The van der Waals surface area contributed by atoms with Crippen LogP contribution in [0.2, 0.25) is 0 Å². The van der Waals surface area contributed by atoms with E-state index in [0.717, 1.165) is 25.0 Å². The van der Waals surface area contributed by atoms with Crippen LogP contribution in [0.5, 0.6) is 0 Å². The largest absolute Gasteiger partial charge is 0.467 e. The number of likely N-dealkylation sites (tertiary alicyclic amines) is 1. The van der Waals surface area contributed by atoms with E-state index < -0.39 is 0 Å². The summed E-state index contributed by atoms with van der Waals surface area (Å²) in [6.45, 7) is 0.890. The van der Waals surface area contributed by atoms with Gasteiger partial charge in [0.1, 0.15) is 5.76 Å². The number of nitrogens with zero attached hydrogens (tertiary/aromatic N) is 1. The van der Waals surface area contributed by atoms with Crippen molar-refractivity contribution in [3.05, 3.63) is 59.5 Å². The fraction of sp³-hybridized carbons (Fsp3) is 0.400. The number of carbonyl (C=O) groups excluding carboxylic acids is 2. The van der Waals surface area contributed by atoms with Gasteiger partial charge in [-0.2, -0.15) is 0 Å². The number of nitrogens with one attached hydrogen (secondary N) is 1. The fourth-order valence-corrected chi connectivity index (χ4v) is 3.88. The lowest BCUT2D eigenvalue weighted by Crippen LogP contribution is -2.36. The lowest BCUT2D eigenvalue weighted by atomic mass is 9.87. The molecule has 0 radical (unpaired) electrons. The molecule has 1 aromatic heterocycles. The van der Waals surface area contributed by atoms with Crippen molar-refractivity contribution in [3.63, 3.8) is 0 Å². The van der Waals surface area contributed by atoms with Crippen LogP contribution in [0.3, 0.4) is 0 Å². The Morgan fingerprint density at radius 1 is 1.24 bits per heavy atom. The predicted molar refractivity (Wildman–Crippen MR) is 92.5 cm³/mol. The van der Waals surface area contributed by atoms with Gasteiger partial charge in [-0.25, -0.2) is 0 Å². The summed E-state index contributed by atoms with van der Waals surface area (Å²) in [6.07, 6.45) is 4.98. The van der Waals surface area contributed by atoms with E-state index in [-0.39, 0.29) is 30.2 Å². The third-order valence-electron chi connectivity index (χ3n) is 5.20. The van der Waals surface area contributed by atoms with E-state index in [0.29, 0.717) is 13.1 Å². The monoisotopic (exact) mass is 338 g/mol. The van der Waals surface area contributed by atoms with Crippen LogP contribution >= 0.6 is 0 Å². The van der Waals surface area contributed by atoms with Crippen molar-refractivity contribution in [2.75, 3.05) is 6.54 Å². The summed E-state index contributed by atoms with van der Waals surface area (Å²) in [5, 5.41) is 3.18. The highest BCUT2D eigenvalue weighted by atomic mass is 16.3. The molecule has 1 N–H and O–H groups in total. The highest BCUT2D eigenvalue weighted by Gasteiger charge is 2.35. The van der Waals surface area contributed by atoms with E-state index in [1.54, 1.807) is 17.2 Å². The number of furan rings is 1. The van der Waals surface area contributed by atoms with E-state index in [9.17, 15) is 9.59 Å². The fourth-order valence-electron chi connectivity index (χ4n) is 3.88. The van der Waals surface area contributed by atoms with Crippen LogP contribution in [-0.4, -0.2) is 23.3 Å². The molecule has 2 aromatic rings. The second-order valence-electron chi connectivity index (χ2n) is 6.91. The van der Waals surface area contributed by atoms with E-state index in [4.69, 9.17) is 4.42 Å². The molecule has 0 spiro atoms. The molecule has 2 atom stereocenters. The van der Waals surface area contributed by atoms with Gasteiger partial charge in [0, 0.05) is 13.0 Å². The summed E-state index contributed by atoms with van der Waals surface area (Å²) in [5.41, 5.74) is 2.54. The molecule has 1 aromatic carbocycles. The molecule has 25 heavy (non-hydrogen) atoms. The molecule has 1 aliphatic carbocycles. The third-order valence-corrected chi connectivity index (χ3v) is 5.20. The Hall–Kier alpha value is -2.56. The zero-order valence-electron chi connectivity index (χ0n) is 14.1. The first-order chi connectivity index (χ1) is 12.2. The molecule has 0 unspecified atom stereocenters. The molecular formula is C20H22N2O3. The molecule has 5 nitrogen and oxygen atoms in total. The van der Waals surface area contributed by atoms with Gasteiger partial charge in [0.25, 0.3) is 0 Å². The molecule has 1 saturated heterocycles. The van der Waals surface area contributed by atoms with Crippen molar-refractivity contribution >= 4 is 11.8 Å². The minimum absolute atomic E-state index is 0.0144. The van der Waals surface area contributed by atoms with E-state index >= 15 is 0 Å². The van der Waals surface area contributed by atoms with Crippen LogP contribution in [0.4, 0.5) is 0 Å². The predicted octanol–water partition coefficient (Wildman–Crippen LogP) is 2.82. The minimum atomic E-state index is -0.281. The Morgan fingerprint density at radius 2 is 2.12 bits per heavy atom. The average Bonchev–Trinajstić information content (AvgIpc) is 3.26. The van der Waals surface area contributed by atoms with Gasteiger partial charge in [-0.3, -0.25) is 9.59 Å². The minimum Gasteiger partial charge on any atom is -0.467 e. The highest BCUT2D eigenvalue weighted by Crippen LogP contribution is 2.30. The Morgan fingerprint density at radius 3 is 2.96 bits per heavy atom. The molecule has 5 heteroatoms. The van der Waals surface area contributed by atoms with Crippen molar-refractivity contribution < 1.29 is 14.0 Å². The zero-order chi connectivity index (χ0) is 17.2. The zero-order valence-corrected chi connectivity index (χ0v) is 14.1. The average molecular weight is 338 g/mol. The summed E-state index contributed by atoms with van der Waals surface area (Å²) >= 11 is 0. The second-order valence-corrected chi connectivity index (χ2v) is 6.91. The Labute approximate surface area is 147 Å². The SMILES string of the molecule is O=C(N[C@@H]1CCCc2ccccc21)[C@@H]1CC(=O)N(Cc2ccco2)C1. The number of carbonyl (C=O) groups is 2. The summed E-state index contributed by atoms with van der Waals surface area (Å²) in [7, 11) is 0. The Balaban J connectivity index is 1.40. The number of hydrogen-bond acceptors (Lipinski definition) is 3. The maximum atomic E-state index is 12.7. The van der Waals surface area contributed by atoms with Crippen LogP contribution in [0.1, 0.15) is 42.2 Å². The molecule has 1 fully saturated rings. The van der Waals surface area contributed by atoms with Gasteiger partial charge < -0.3 is 14.6 Å². The normalized spacial score (nSPS) is 22.7. The number of rotatable bonds is 4. The number of fused-ring (bicyclic) bond motifs is 1. The van der Waals surface area contributed by atoms with Crippen LogP contribution < -0.4 is 5.32 Å². The van der Waals surface area contributed by atoms with Crippen LogP contribution in [0, 0.1) is 5.92 Å². The van der Waals surface area contributed by atoms with Crippen molar-refractivity contribution in [1.82, 2.24) is 10.2 Å². The first-order valence-corrected chi connectivity index (χ1v) is 8.89. The summed E-state index contributed by atoms with van der Waals surface area (Å²) in [6, 6.07) is 12.0. The molecule has 2 heterocycles. The standard InChI is InChI=1S/C20H22N2O3/c23-19-11-15(12-22(19)13-16-7-4-10-25-16)20(24)21-18-9-3-6-14-5-1-2-8-17(14)18/h1-2,4-5,7-8,10,15,18H,3,6,9,11-13H2,(H,21,24)/t15-,18-/m1/s1. The molecule has 130 valence electrons. The summed E-state index contributed by atoms with van der Waals surface area (Å²) in [5.74, 6) is 0.463. The smallest absolute Gasteiger partial charge is 0.225 e. The Kier molecular flexibility index (Phi) is 4.30. The lowest BCUT2D eigenvalue weighted by Gasteiger charge is -2.27. The first-order valence-electron chi connectivity index (χ1n) is 8.89. The van der Waals surface area contributed by atoms with Gasteiger partial charge in [0.15, 0.2) is 0 Å². The molecule has 2 amide bonds. The van der Waals surface area contributed by atoms with Crippen LogP contribution in [0.25, 0.3) is 0 Å². The van der Waals surface area contributed by atoms with Gasteiger partial charge in [-0.15, -0.1) is 0 Å². The van der Waals surface area contributed by atoms with Crippen molar-refractivity contribution in [2.45, 2.75) is 38.3 Å². The van der Waals surface area contributed by atoms with Gasteiger partial charge >= 0.3 is 0 Å². The summed E-state index contributed by atoms with van der Waals surface area (Å²) in [4.78, 5) is 26.6. The van der Waals surface area contributed by atoms with Gasteiger partial charge in [-0.05, 0) is 42.5 Å². The number of hydrogen-bond donors (Lipinski definition) is 1. The molecule has 0 saturated carbocycles. The van der Waals surface area contributed by atoms with Crippen LogP contribution in [0.15, 0.2) is 47.1 Å².